The van der Waals surface area contributed by atoms with Crippen molar-refractivity contribution in [2.24, 2.45) is 5.73 Å². The van der Waals surface area contributed by atoms with Crippen LogP contribution in [-0.4, -0.2) is 0 Å². The molecule has 0 bridgehead atoms. The van der Waals surface area contributed by atoms with E-state index in [0.717, 1.165) is 0 Å². The number of hydrogen-bond donors (Lipinski definition) is 1. The van der Waals surface area contributed by atoms with Crippen LogP contribution in [0.3, 0.4) is 0 Å². The van der Waals surface area contributed by atoms with Crippen molar-refractivity contribution < 1.29 is 0 Å². The van der Waals surface area contributed by atoms with Gasteiger partial charge >= 0.3 is 0 Å². The van der Waals surface area contributed by atoms with Gasteiger partial charge in [0.25, 0.3) is 0 Å². The van der Waals surface area contributed by atoms with Crippen LogP contribution in [0.2, 0.25) is 0 Å². The second-order valence-corrected chi connectivity index (χ2v) is 4.67. The van der Waals surface area contributed by atoms with Gasteiger partial charge in [0.2, 0.25) is 0 Å². The summed E-state index contributed by atoms with van der Waals surface area (Å²) in [6.45, 7) is 7.09. The Kier molecular flexibility index (Phi) is 3.30. The summed E-state index contributed by atoms with van der Waals surface area (Å²) in [7, 11) is 0. The number of hydrogen-bond acceptors (Lipinski definition) is 1. The normalized spacial score (nSPS) is 10.6. The summed E-state index contributed by atoms with van der Waals surface area (Å²) in [6.07, 6.45) is 0. The van der Waals surface area contributed by atoms with Gasteiger partial charge in [0.15, 0.2) is 0 Å². The monoisotopic (exact) mass is 225 g/mol. The van der Waals surface area contributed by atoms with Gasteiger partial charge in [0.1, 0.15) is 0 Å². The smallest absolute Gasteiger partial charge is 0.0178 e. The lowest BCUT2D eigenvalue weighted by Crippen LogP contribution is -1.96. The fraction of sp³-hybridized carbons (Fsp3) is 0.250. The van der Waals surface area contributed by atoms with E-state index in [2.05, 4.69) is 57.2 Å². The molecule has 2 rings (SSSR count). The van der Waals surface area contributed by atoms with Crippen molar-refractivity contribution >= 4 is 0 Å². The second-order valence-electron chi connectivity index (χ2n) is 4.67. The van der Waals surface area contributed by atoms with Crippen LogP contribution in [0.1, 0.15) is 22.3 Å². The molecule has 0 heterocycles. The minimum Gasteiger partial charge on any atom is -0.326 e. The van der Waals surface area contributed by atoms with Crippen LogP contribution in [0, 0.1) is 20.8 Å². The minimum atomic E-state index is 0.603. The molecule has 0 aromatic heterocycles. The fourth-order valence-electron chi connectivity index (χ4n) is 2.44. The summed E-state index contributed by atoms with van der Waals surface area (Å²) >= 11 is 0. The largest absolute Gasteiger partial charge is 0.326 e. The lowest BCUT2D eigenvalue weighted by molar-refractivity contribution is 1.07. The summed E-state index contributed by atoms with van der Waals surface area (Å²) in [4.78, 5) is 0. The van der Waals surface area contributed by atoms with Crippen LogP contribution >= 0.6 is 0 Å². The molecule has 0 saturated carbocycles. The lowest BCUT2D eigenvalue weighted by Gasteiger charge is -2.12. The number of aryl methyl sites for hydroxylation is 3. The lowest BCUT2D eigenvalue weighted by atomic mass is 9.93. The first kappa shape index (κ1) is 11.9. The molecule has 2 N–H and O–H groups in total. The molecule has 88 valence electrons. The average Bonchev–Trinajstić information content (AvgIpc) is 2.28. The van der Waals surface area contributed by atoms with Gasteiger partial charge in [-0.2, -0.15) is 0 Å². The van der Waals surface area contributed by atoms with Crippen molar-refractivity contribution in [3.63, 3.8) is 0 Å². The van der Waals surface area contributed by atoms with Gasteiger partial charge in [0.05, 0.1) is 0 Å². The SMILES string of the molecule is Cc1cc(C)c(-c2ccc(CN)cc2)c(C)c1. The highest BCUT2D eigenvalue weighted by atomic mass is 14.5. The Morgan fingerprint density at radius 2 is 1.41 bits per heavy atom. The third-order valence-electron chi connectivity index (χ3n) is 3.16. The molecule has 0 fully saturated rings. The third-order valence-corrected chi connectivity index (χ3v) is 3.16. The molecule has 2 aromatic carbocycles. The van der Waals surface area contributed by atoms with E-state index in [1.54, 1.807) is 0 Å². The van der Waals surface area contributed by atoms with E-state index in [-0.39, 0.29) is 0 Å². The average molecular weight is 225 g/mol. The predicted octanol–water partition coefficient (Wildman–Crippen LogP) is 3.74. The fourth-order valence-corrected chi connectivity index (χ4v) is 2.44. The Labute approximate surface area is 103 Å². The summed E-state index contributed by atoms with van der Waals surface area (Å²) < 4.78 is 0. The quantitative estimate of drug-likeness (QED) is 0.828. The van der Waals surface area contributed by atoms with E-state index >= 15 is 0 Å². The van der Waals surface area contributed by atoms with Crippen molar-refractivity contribution in [1.29, 1.82) is 0 Å². The summed E-state index contributed by atoms with van der Waals surface area (Å²) in [6, 6.07) is 13.0. The predicted molar refractivity (Wildman–Crippen MR) is 74.0 cm³/mol. The van der Waals surface area contributed by atoms with Crippen molar-refractivity contribution in [3.8, 4) is 11.1 Å². The van der Waals surface area contributed by atoms with Gasteiger partial charge in [0, 0.05) is 6.54 Å². The van der Waals surface area contributed by atoms with Crippen LogP contribution in [0.5, 0.6) is 0 Å². The Balaban J connectivity index is 2.52. The van der Waals surface area contributed by atoms with Crippen molar-refractivity contribution in [2.45, 2.75) is 27.3 Å². The number of rotatable bonds is 2. The molecule has 0 amide bonds. The first-order valence-corrected chi connectivity index (χ1v) is 5.99. The highest BCUT2D eigenvalue weighted by molar-refractivity contribution is 5.71. The highest BCUT2D eigenvalue weighted by Gasteiger charge is 2.06. The molecule has 1 heteroatoms. The molecule has 0 aliphatic carbocycles. The standard InChI is InChI=1S/C16H19N/c1-11-8-12(2)16(13(3)9-11)15-6-4-14(10-17)5-7-15/h4-9H,10,17H2,1-3H3. The molecule has 0 unspecified atom stereocenters. The Bertz CT molecular complexity index is 501. The summed E-state index contributed by atoms with van der Waals surface area (Å²) in [5.41, 5.74) is 13.4. The Morgan fingerprint density at radius 3 is 1.88 bits per heavy atom. The molecular formula is C16H19N. The van der Waals surface area contributed by atoms with Crippen LogP contribution in [0.4, 0.5) is 0 Å². The van der Waals surface area contributed by atoms with Gasteiger partial charge < -0.3 is 5.73 Å². The second kappa shape index (κ2) is 4.72. The molecule has 1 nitrogen and oxygen atoms in total. The molecule has 0 radical (unpaired) electrons. The molecular weight excluding hydrogens is 206 g/mol. The number of benzene rings is 2. The maximum atomic E-state index is 5.62. The first-order chi connectivity index (χ1) is 8.11. The van der Waals surface area contributed by atoms with Crippen molar-refractivity contribution in [1.82, 2.24) is 0 Å². The van der Waals surface area contributed by atoms with Gasteiger partial charge in [-0.05, 0) is 48.6 Å². The van der Waals surface area contributed by atoms with Gasteiger partial charge in [-0.25, -0.2) is 0 Å². The van der Waals surface area contributed by atoms with Gasteiger partial charge in [-0.3, -0.25) is 0 Å². The highest BCUT2D eigenvalue weighted by Crippen LogP contribution is 2.28. The van der Waals surface area contributed by atoms with Gasteiger partial charge in [-0.1, -0.05) is 42.0 Å². The molecule has 0 aliphatic heterocycles. The van der Waals surface area contributed by atoms with E-state index in [1.165, 1.54) is 33.4 Å². The number of nitrogens with two attached hydrogens (primary N) is 1. The van der Waals surface area contributed by atoms with Crippen LogP contribution in [0.15, 0.2) is 36.4 Å². The van der Waals surface area contributed by atoms with Crippen LogP contribution in [0.25, 0.3) is 11.1 Å². The zero-order chi connectivity index (χ0) is 12.4. The summed E-state index contributed by atoms with van der Waals surface area (Å²) in [5, 5.41) is 0. The van der Waals surface area contributed by atoms with Crippen molar-refractivity contribution in [2.75, 3.05) is 0 Å². The molecule has 2 aromatic rings. The Morgan fingerprint density at radius 1 is 0.882 bits per heavy atom. The molecule has 17 heavy (non-hydrogen) atoms. The van der Waals surface area contributed by atoms with E-state index in [4.69, 9.17) is 5.73 Å². The topological polar surface area (TPSA) is 26.0 Å². The van der Waals surface area contributed by atoms with E-state index in [0.29, 0.717) is 6.54 Å². The minimum absolute atomic E-state index is 0.603. The molecule has 0 aliphatic rings. The first-order valence-electron chi connectivity index (χ1n) is 5.99. The van der Waals surface area contributed by atoms with E-state index in [9.17, 15) is 0 Å². The van der Waals surface area contributed by atoms with E-state index in [1.807, 2.05) is 0 Å². The molecule has 0 saturated heterocycles. The van der Waals surface area contributed by atoms with Crippen LogP contribution < -0.4 is 5.73 Å². The summed E-state index contributed by atoms with van der Waals surface area (Å²) in [5.74, 6) is 0. The van der Waals surface area contributed by atoms with Gasteiger partial charge in [-0.15, -0.1) is 0 Å². The zero-order valence-electron chi connectivity index (χ0n) is 10.7. The maximum Gasteiger partial charge on any atom is 0.0178 e. The van der Waals surface area contributed by atoms with E-state index < -0.39 is 0 Å². The zero-order valence-corrected chi connectivity index (χ0v) is 10.7. The van der Waals surface area contributed by atoms with Crippen molar-refractivity contribution in [3.05, 3.63) is 58.7 Å². The Hall–Kier alpha value is -1.60. The molecule has 0 spiro atoms. The third kappa shape index (κ3) is 2.40. The van der Waals surface area contributed by atoms with Crippen LogP contribution in [-0.2, 0) is 6.54 Å². The maximum absolute atomic E-state index is 5.62. The molecule has 0 atom stereocenters.